The van der Waals surface area contributed by atoms with Crippen LogP contribution in [0.15, 0.2) is 36.4 Å². The third-order valence-corrected chi connectivity index (χ3v) is 6.07. The average Bonchev–Trinajstić information content (AvgIpc) is 2.80. The normalized spacial score (nSPS) is 13.9. The Morgan fingerprint density at radius 2 is 1.39 bits per heavy atom. The second-order valence-electron chi connectivity index (χ2n) is 8.36. The summed E-state index contributed by atoms with van der Waals surface area (Å²) in [5.41, 5.74) is -5.86. The van der Waals surface area contributed by atoms with Crippen molar-refractivity contribution in [3.8, 4) is 0 Å². The highest BCUT2D eigenvalue weighted by molar-refractivity contribution is 6.42. The smallest absolute Gasteiger partial charge is 0.347 e. The monoisotopic (exact) mass is 647 g/mol. The summed E-state index contributed by atoms with van der Waals surface area (Å²) in [5, 5.41) is -0.471. The highest BCUT2D eigenvalue weighted by Crippen LogP contribution is 2.44. The van der Waals surface area contributed by atoms with E-state index in [4.69, 9.17) is 23.2 Å². The van der Waals surface area contributed by atoms with Gasteiger partial charge < -0.3 is 5.32 Å². The van der Waals surface area contributed by atoms with E-state index in [2.05, 4.69) is 0 Å². The number of halogens is 14. The van der Waals surface area contributed by atoms with Crippen LogP contribution in [0.25, 0.3) is 6.08 Å². The number of Topliss-reactive ketones (excluding diaryl/α,β-unsaturated/α-hetero) is 1. The second-order valence-corrected chi connectivity index (χ2v) is 9.14. The summed E-state index contributed by atoms with van der Waals surface area (Å²) < 4.78 is 158. The summed E-state index contributed by atoms with van der Waals surface area (Å²) in [7, 11) is 0. The maximum Gasteiger partial charge on any atom is 0.417 e. The lowest BCUT2D eigenvalue weighted by atomic mass is 9.94. The zero-order valence-corrected chi connectivity index (χ0v) is 21.4. The van der Waals surface area contributed by atoms with E-state index < -0.39 is 99.6 Å². The number of nitrogens with one attached hydrogen (secondary N) is 1. The molecule has 226 valence electrons. The van der Waals surface area contributed by atoms with Gasteiger partial charge in [0.05, 0.1) is 27.1 Å². The van der Waals surface area contributed by atoms with Gasteiger partial charge in [-0.05, 0) is 29.3 Å². The van der Waals surface area contributed by atoms with Crippen molar-refractivity contribution in [2.45, 2.75) is 43.5 Å². The van der Waals surface area contributed by atoms with Crippen molar-refractivity contribution in [2.75, 3.05) is 6.54 Å². The van der Waals surface area contributed by atoms with Gasteiger partial charge in [0.2, 0.25) is 5.91 Å². The molecule has 0 bridgehead atoms. The summed E-state index contributed by atoms with van der Waals surface area (Å²) in [6, 6.07) is 2.30. The minimum atomic E-state index is -5.23. The minimum Gasteiger partial charge on any atom is -0.347 e. The van der Waals surface area contributed by atoms with Crippen molar-refractivity contribution >= 4 is 41.0 Å². The highest BCUT2D eigenvalue weighted by atomic mass is 35.5. The van der Waals surface area contributed by atoms with Crippen LogP contribution in [0.4, 0.5) is 52.7 Å². The van der Waals surface area contributed by atoms with Crippen molar-refractivity contribution < 1.29 is 62.3 Å². The van der Waals surface area contributed by atoms with E-state index in [0.717, 1.165) is 6.07 Å². The largest absolute Gasteiger partial charge is 0.417 e. The third kappa shape index (κ3) is 9.83. The summed E-state index contributed by atoms with van der Waals surface area (Å²) in [5.74, 6) is -5.33. The molecule has 0 aromatic heterocycles. The van der Waals surface area contributed by atoms with E-state index in [-0.39, 0.29) is 18.2 Å². The predicted molar refractivity (Wildman–Crippen MR) is 123 cm³/mol. The Bertz CT molecular complexity index is 1310. The van der Waals surface area contributed by atoms with Gasteiger partial charge in [0, 0.05) is 18.4 Å². The summed E-state index contributed by atoms with van der Waals surface area (Å²) in [6.07, 6.45) is -21.4. The van der Waals surface area contributed by atoms with Crippen molar-refractivity contribution in [1.82, 2.24) is 5.32 Å². The molecule has 2 rings (SSSR count). The summed E-state index contributed by atoms with van der Waals surface area (Å²) in [4.78, 5) is 23.8. The topological polar surface area (TPSA) is 46.2 Å². The Morgan fingerprint density at radius 1 is 0.805 bits per heavy atom. The zero-order valence-electron chi connectivity index (χ0n) is 19.8. The number of hydrogen-bond acceptors (Lipinski definition) is 2. The van der Waals surface area contributed by atoms with Crippen LogP contribution in [0, 0.1) is 0 Å². The molecule has 0 heterocycles. The molecule has 1 atom stereocenters. The van der Waals surface area contributed by atoms with Gasteiger partial charge in [0.15, 0.2) is 5.78 Å². The van der Waals surface area contributed by atoms with Crippen LogP contribution >= 0.6 is 23.2 Å². The number of benzene rings is 2. The molecule has 0 radical (unpaired) electrons. The molecule has 0 aliphatic heterocycles. The van der Waals surface area contributed by atoms with Gasteiger partial charge >= 0.3 is 24.7 Å². The molecular weight excluding hydrogens is 633 g/mol. The number of ketones is 1. The molecule has 1 N–H and O–H groups in total. The first-order chi connectivity index (χ1) is 18.5. The van der Waals surface area contributed by atoms with Crippen LogP contribution in [0.5, 0.6) is 0 Å². The SMILES string of the molecule is O=C(CCC(=O)c1ccc(/C=C/C(c2cc(Cl)c(Cl)c(C(F)(F)F)c2)C(F)(F)F)cc1C(F)(F)F)NCC(F)(F)F. The molecular formula is C24H15Cl2F12NO2. The molecule has 0 aliphatic carbocycles. The number of allylic oxidation sites excluding steroid dienone is 1. The lowest BCUT2D eigenvalue weighted by Gasteiger charge is -2.20. The number of rotatable bonds is 8. The zero-order chi connectivity index (χ0) is 31.6. The fourth-order valence-electron chi connectivity index (χ4n) is 3.40. The number of carbonyl (C=O) groups is 2. The van der Waals surface area contributed by atoms with E-state index in [1.807, 2.05) is 0 Å². The lowest BCUT2D eigenvalue weighted by Crippen LogP contribution is -2.33. The molecule has 1 amide bonds. The number of hydrogen-bond donors (Lipinski definition) is 1. The van der Waals surface area contributed by atoms with Crippen LogP contribution in [-0.4, -0.2) is 30.6 Å². The summed E-state index contributed by atoms with van der Waals surface area (Å²) in [6.45, 7) is -1.73. The van der Waals surface area contributed by atoms with Gasteiger partial charge in [-0.15, -0.1) is 0 Å². The average molecular weight is 648 g/mol. The number of alkyl halides is 12. The van der Waals surface area contributed by atoms with Crippen molar-refractivity contribution in [3.05, 3.63) is 74.3 Å². The molecule has 2 aromatic rings. The van der Waals surface area contributed by atoms with E-state index in [1.165, 1.54) is 5.32 Å². The van der Waals surface area contributed by atoms with Gasteiger partial charge in [-0.2, -0.15) is 52.7 Å². The molecule has 0 spiro atoms. The predicted octanol–water partition coefficient (Wildman–Crippen LogP) is 9.03. The Labute approximate surface area is 233 Å². The fourth-order valence-corrected chi connectivity index (χ4v) is 3.85. The summed E-state index contributed by atoms with van der Waals surface area (Å²) >= 11 is 11.0. The van der Waals surface area contributed by atoms with Gasteiger partial charge in [-0.3, -0.25) is 9.59 Å². The fraction of sp³-hybridized carbons (Fsp3) is 0.333. The van der Waals surface area contributed by atoms with Crippen LogP contribution < -0.4 is 5.32 Å². The molecule has 0 saturated carbocycles. The first kappa shape index (κ1) is 34.3. The van der Waals surface area contributed by atoms with Gasteiger partial charge in [-0.1, -0.05) is 47.5 Å². The van der Waals surface area contributed by atoms with Crippen LogP contribution in [0.3, 0.4) is 0 Å². The molecule has 1 unspecified atom stereocenters. The molecule has 0 fully saturated rings. The number of amides is 1. The van der Waals surface area contributed by atoms with E-state index in [9.17, 15) is 62.3 Å². The van der Waals surface area contributed by atoms with Crippen molar-refractivity contribution in [1.29, 1.82) is 0 Å². The van der Waals surface area contributed by atoms with Gasteiger partial charge in [0.1, 0.15) is 6.54 Å². The highest BCUT2D eigenvalue weighted by Gasteiger charge is 2.42. The lowest BCUT2D eigenvalue weighted by molar-refractivity contribution is -0.142. The number of carbonyl (C=O) groups excluding carboxylic acids is 2. The maximum atomic E-state index is 13.7. The first-order valence-corrected chi connectivity index (χ1v) is 11.6. The van der Waals surface area contributed by atoms with Crippen molar-refractivity contribution in [2.24, 2.45) is 0 Å². The Hall–Kier alpha value is -2.94. The van der Waals surface area contributed by atoms with Crippen LogP contribution in [0.2, 0.25) is 10.0 Å². The van der Waals surface area contributed by atoms with Crippen LogP contribution in [-0.2, 0) is 17.1 Å². The molecule has 2 aromatic carbocycles. The Kier molecular flexibility index (Phi) is 10.5. The van der Waals surface area contributed by atoms with Gasteiger partial charge in [-0.25, -0.2) is 0 Å². The standard InChI is InChI=1S/C24H15Cl2F12NO2/c25-17-9-12(8-16(20(17)26)24(36,37)38)14(22(30,31)32)4-2-11-1-3-13(15(7-11)23(33,34)35)18(40)5-6-19(41)39-10-21(27,28)29/h1-4,7-9,14H,5-6,10H2,(H,39,41)/b4-2+. The third-order valence-electron chi connectivity index (χ3n) is 5.26. The molecule has 41 heavy (non-hydrogen) atoms. The molecule has 0 saturated heterocycles. The minimum absolute atomic E-state index is 0.102. The maximum absolute atomic E-state index is 13.7. The van der Waals surface area contributed by atoms with E-state index in [0.29, 0.717) is 18.2 Å². The van der Waals surface area contributed by atoms with Crippen molar-refractivity contribution in [3.63, 3.8) is 0 Å². The molecule has 0 aliphatic rings. The molecule has 3 nitrogen and oxygen atoms in total. The van der Waals surface area contributed by atoms with E-state index >= 15 is 0 Å². The van der Waals surface area contributed by atoms with E-state index in [1.54, 1.807) is 0 Å². The van der Waals surface area contributed by atoms with Gasteiger partial charge in [0.25, 0.3) is 0 Å². The Balaban J connectivity index is 2.41. The molecule has 17 heteroatoms. The quantitative estimate of drug-likeness (QED) is 0.230. The second kappa shape index (κ2) is 12.5. The Morgan fingerprint density at radius 3 is 1.90 bits per heavy atom. The van der Waals surface area contributed by atoms with Crippen LogP contribution in [0.1, 0.15) is 51.4 Å². The first-order valence-electron chi connectivity index (χ1n) is 10.9.